The number of hydrogen-bond acceptors (Lipinski definition) is 4. The van der Waals surface area contributed by atoms with E-state index < -0.39 is 16.8 Å². The van der Waals surface area contributed by atoms with Crippen molar-refractivity contribution < 1.29 is 19.6 Å². The van der Waals surface area contributed by atoms with Crippen LogP contribution in [0.5, 0.6) is 0 Å². The number of anilines is 1. The minimum absolute atomic E-state index is 0.0148. The molecule has 0 unspecified atom stereocenters. The molecule has 24 heavy (non-hydrogen) atoms. The molecule has 0 saturated heterocycles. The van der Waals surface area contributed by atoms with Crippen LogP contribution >= 0.6 is 22.6 Å². The fourth-order valence-electron chi connectivity index (χ4n) is 1.89. The second kappa shape index (κ2) is 7.68. The molecule has 0 aliphatic rings. The third kappa shape index (κ3) is 4.62. The number of nitro groups is 1. The van der Waals surface area contributed by atoms with E-state index in [1.807, 2.05) is 22.6 Å². The molecule has 2 N–H and O–H groups in total. The van der Waals surface area contributed by atoms with Gasteiger partial charge in [0, 0.05) is 21.8 Å². The van der Waals surface area contributed by atoms with E-state index >= 15 is 0 Å². The van der Waals surface area contributed by atoms with E-state index in [0.717, 1.165) is 3.57 Å². The number of carbonyl (C=O) groups excluding carboxylic acids is 1. The van der Waals surface area contributed by atoms with Crippen molar-refractivity contribution >= 4 is 51.9 Å². The van der Waals surface area contributed by atoms with Gasteiger partial charge in [-0.1, -0.05) is 12.1 Å². The van der Waals surface area contributed by atoms with Gasteiger partial charge >= 0.3 is 5.97 Å². The Morgan fingerprint density at radius 1 is 1.21 bits per heavy atom. The predicted octanol–water partition coefficient (Wildman–Crippen LogP) is 3.55. The minimum atomic E-state index is -1.15. The van der Waals surface area contributed by atoms with Crippen LogP contribution in [0.4, 0.5) is 11.4 Å². The SMILES string of the molecule is O=C(/C=C/c1cccc([N+](=O)[O-])c1)Nc1ccc(I)cc1C(=O)O. The fourth-order valence-corrected chi connectivity index (χ4v) is 2.38. The normalized spacial score (nSPS) is 10.5. The number of hydrogen-bond donors (Lipinski definition) is 2. The topological polar surface area (TPSA) is 110 Å². The molecular formula is C16H11IN2O5. The zero-order valence-electron chi connectivity index (χ0n) is 12.1. The van der Waals surface area contributed by atoms with Crippen LogP contribution in [-0.4, -0.2) is 21.9 Å². The van der Waals surface area contributed by atoms with Crippen LogP contribution in [-0.2, 0) is 4.79 Å². The number of carboxylic acids is 1. The Morgan fingerprint density at radius 2 is 1.96 bits per heavy atom. The number of carboxylic acid groups (broad SMARTS) is 1. The highest BCUT2D eigenvalue weighted by Crippen LogP contribution is 2.19. The fraction of sp³-hybridized carbons (Fsp3) is 0. The first kappa shape index (κ1) is 17.6. The lowest BCUT2D eigenvalue weighted by molar-refractivity contribution is -0.384. The standard InChI is InChI=1S/C16H11IN2O5/c17-11-5-6-14(13(9-11)16(21)22)18-15(20)7-4-10-2-1-3-12(8-10)19(23)24/h1-9H,(H,18,20)(H,21,22)/b7-4+. The molecule has 0 aliphatic carbocycles. The van der Waals surface area contributed by atoms with Gasteiger partial charge in [-0.3, -0.25) is 14.9 Å². The first-order chi connectivity index (χ1) is 11.4. The van der Waals surface area contributed by atoms with Crippen LogP contribution in [0.1, 0.15) is 15.9 Å². The molecule has 7 nitrogen and oxygen atoms in total. The van der Waals surface area contributed by atoms with E-state index in [4.69, 9.17) is 5.11 Å². The van der Waals surface area contributed by atoms with Gasteiger partial charge in [0.15, 0.2) is 0 Å². The molecular weight excluding hydrogens is 427 g/mol. The van der Waals surface area contributed by atoms with Crippen LogP contribution in [0.25, 0.3) is 6.08 Å². The highest BCUT2D eigenvalue weighted by atomic mass is 127. The molecule has 0 spiro atoms. The molecule has 2 rings (SSSR count). The van der Waals surface area contributed by atoms with Gasteiger partial charge in [-0.2, -0.15) is 0 Å². The Balaban J connectivity index is 2.15. The van der Waals surface area contributed by atoms with Crippen molar-refractivity contribution in [1.82, 2.24) is 0 Å². The van der Waals surface area contributed by atoms with E-state index in [2.05, 4.69) is 5.32 Å². The highest BCUT2D eigenvalue weighted by Gasteiger charge is 2.12. The molecule has 0 saturated carbocycles. The van der Waals surface area contributed by atoms with Crippen LogP contribution in [0.3, 0.4) is 0 Å². The van der Waals surface area contributed by atoms with Gasteiger partial charge in [0.1, 0.15) is 0 Å². The molecule has 0 aliphatic heterocycles. The highest BCUT2D eigenvalue weighted by molar-refractivity contribution is 14.1. The summed E-state index contributed by atoms with van der Waals surface area (Å²) >= 11 is 1.98. The number of amides is 1. The van der Waals surface area contributed by atoms with Crippen molar-refractivity contribution in [3.63, 3.8) is 0 Å². The Hall–Kier alpha value is -2.75. The van der Waals surface area contributed by atoms with Gasteiger partial charge in [-0.05, 0) is 52.4 Å². The third-order valence-corrected chi connectivity index (χ3v) is 3.65. The monoisotopic (exact) mass is 438 g/mol. The molecule has 1 amide bonds. The van der Waals surface area contributed by atoms with Crippen molar-refractivity contribution in [1.29, 1.82) is 0 Å². The maximum absolute atomic E-state index is 11.9. The Kier molecular flexibility index (Phi) is 5.64. The maximum Gasteiger partial charge on any atom is 0.337 e. The minimum Gasteiger partial charge on any atom is -0.478 e. The summed E-state index contributed by atoms with van der Waals surface area (Å²) in [6.45, 7) is 0. The largest absolute Gasteiger partial charge is 0.478 e. The molecule has 0 bridgehead atoms. The van der Waals surface area contributed by atoms with Gasteiger partial charge in [-0.25, -0.2) is 4.79 Å². The van der Waals surface area contributed by atoms with Crippen molar-refractivity contribution in [2.75, 3.05) is 5.32 Å². The number of nitro benzene ring substituents is 1. The number of halogens is 1. The van der Waals surface area contributed by atoms with E-state index in [0.29, 0.717) is 5.56 Å². The molecule has 0 atom stereocenters. The Bertz CT molecular complexity index is 848. The molecule has 0 heterocycles. The first-order valence-electron chi connectivity index (χ1n) is 6.63. The molecule has 0 fully saturated rings. The summed E-state index contributed by atoms with van der Waals surface area (Å²) in [6.07, 6.45) is 2.60. The summed E-state index contributed by atoms with van der Waals surface area (Å²) in [5.74, 6) is -1.68. The van der Waals surface area contributed by atoms with Crippen molar-refractivity contribution in [2.45, 2.75) is 0 Å². The Morgan fingerprint density at radius 3 is 2.62 bits per heavy atom. The smallest absolute Gasteiger partial charge is 0.337 e. The number of non-ortho nitro benzene ring substituents is 1. The van der Waals surface area contributed by atoms with Crippen molar-refractivity contribution in [2.24, 2.45) is 0 Å². The number of nitrogens with zero attached hydrogens (tertiary/aromatic N) is 1. The Labute approximate surface area is 150 Å². The lowest BCUT2D eigenvalue weighted by Gasteiger charge is -2.07. The zero-order chi connectivity index (χ0) is 17.7. The zero-order valence-corrected chi connectivity index (χ0v) is 14.3. The second-order valence-corrected chi connectivity index (χ2v) is 5.92. The van der Waals surface area contributed by atoms with Gasteiger partial charge in [0.25, 0.3) is 5.69 Å². The average molecular weight is 438 g/mol. The number of rotatable bonds is 5. The van der Waals surface area contributed by atoms with Gasteiger partial charge in [0.05, 0.1) is 16.2 Å². The summed E-state index contributed by atoms with van der Waals surface area (Å²) in [4.78, 5) is 33.3. The molecule has 122 valence electrons. The summed E-state index contributed by atoms with van der Waals surface area (Å²) in [6, 6.07) is 10.4. The van der Waals surface area contributed by atoms with Crippen molar-refractivity contribution in [3.8, 4) is 0 Å². The quantitative estimate of drug-likeness (QED) is 0.321. The number of nitrogens with one attached hydrogen (secondary N) is 1. The van der Waals surface area contributed by atoms with Gasteiger partial charge < -0.3 is 10.4 Å². The number of aromatic carboxylic acids is 1. The second-order valence-electron chi connectivity index (χ2n) is 4.67. The summed E-state index contributed by atoms with van der Waals surface area (Å²) in [5, 5.41) is 22.3. The summed E-state index contributed by atoms with van der Waals surface area (Å²) in [5.41, 5.74) is 0.569. The molecule has 2 aromatic rings. The number of carbonyl (C=O) groups is 2. The van der Waals surface area contributed by atoms with Gasteiger partial charge in [0.2, 0.25) is 5.91 Å². The molecule has 8 heteroatoms. The molecule has 2 aromatic carbocycles. The lowest BCUT2D eigenvalue weighted by atomic mass is 10.1. The predicted molar refractivity (Wildman–Crippen MR) is 96.9 cm³/mol. The van der Waals surface area contributed by atoms with Crippen LogP contribution in [0, 0.1) is 13.7 Å². The number of benzene rings is 2. The van der Waals surface area contributed by atoms with Crippen molar-refractivity contribution in [3.05, 3.63) is 73.4 Å². The average Bonchev–Trinajstić information content (AvgIpc) is 2.54. The van der Waals surface area contributed by atoms with Crippen LogP contribution in [0.15, 0.2) is 48.5 Å². The van der Waals surface area contributed by atoms with E-state index in [1.54, 1.807) is 12.1 Å². The first-order valence-corrected chi connectivity index (χ1v) is 7.71. The summed E-state index contributed by atoms with van der Waals surface area (Å²) in [7, 11) is 0. The van der Waals surface area contributed by atoms with Crippen LogP contribution in [0.2, 0.25) is 0 Å². The van der Waals surface area contributed by atoms with E-state index in [1.165, 1.54) is 42.5 Å². The lowest BCUT2D eigenvalue weighted by Crippen LogP contribution is -2.12. The maximum atomic E-state index is 11.9. The van der Waals surface area contributed by atoms with E-state index in [9.17, 15) is 19.7 Å². The van der Waals surface area contributed by atoms with E-state index in [-0.39, 0.29) is 16.9 Å². The summed E-state index contributed by atoms with van der Waals surface area (Å²) < 4.78 is 0.732. The molecule has 0 radical (unpaired) electrons. The molecule has 0 aromatic heterocycles. The van der Waals surface area contributed by atoms with Gasteiger partial charge in [-0.15, -0.1) is 0 Å². The third-order valence-electron chi connectivity index (χ3n) is 2.98. The van der Waals surface area contributed by atoms with Crippen LogP contribution < -0.4 is 5.32 Å².